The van der Waals surface area contributed by atoms with Gasteiger partial charge in [-0.1, -0.05) is 54.6 Å². The average Bonchev–Trinajstić information content (AvgIpc) is 2.68. The summed E-state index contributed by atoms with van der Waals surface area (Å²) in [5.41, 5.74) is 2.21. The zero-order chi connectivity index (χ0) is 17.8. The third-order valence-electron chi connectivity index (χ3n) is 4.99. The van der Waals surface area contributed by atoms with Crippen LogP contribution in [0, 0.1) is 5.82 Å². The lowest BCUT2D eigenvalue weighted by atomic mass is 10.0. The van der Waals surface area contributed by atoms with Gasteiger partial charge in [0.25, 0.3) is 0 Å². The molecule has 0 saturated carbocycles. The van der Waals surface area contributed by atoms with Crippen LogP contribution >= 0.6 is 0 Å². The van der Waals surface area contributed by atoms with Gasteiger partial charge in [0.15, 0.2) is 0 Å². The molecule has 0 aliphatic carbocycles. The van der Waals surface area contributed by atoms with Gasteiger partial charge >= 0.3 is 0 Å². The fraction of sp³-hybridized carbons (Fsp3) is 0.227. The van der Waals surface area contributed by atoms with Crippen molar-refractivity contribution in [3.63, 3.8) is 0 Å². The number of hydrogen-bond acceptors (Lipinski definition) is 2. The van der Waals surface area contributed by atoms with E-state index in [0.717, 1.165) is 38.3 Å². The van der Waals surface area contributed by atoms with Crippen LogP contribution in [0.15, 0.2) is 71.8 Å². The standard InChI is InChI=1S/C22H22FN3/c23-21-9-3-5-18(15-21)16-24-26-13-11-25(12-14-26)17-20-8-4-7-19-6-1-2-10-22(19)20/h1-10,15-16H,11-14,17H2/p+1/b24-16-. The van der Waals surface area contributed by atoms with Gasteiger partial charge < -0.3 is 4.90 Å². The van der Waals surface area contributed by atoms with Gasteiger partial charge in [-0.3, -0.25) is 5.01 Å². The second kappa shape index (κ2) is 7.67. The molecular formula is C22H23FN3+. The first-order valence-corrected chi connectivity index (χ1v) is 9.13. The normalized spacial score (nSPS) is 15.8. The molecule has 1 aliphatic heterocycles. The highest BCUT2D eigenvalue weighted by atomic mass is 19.1. The fourth-order valence-corrected chi connectivity index (χ4v) is 3.55. The van der Waals surface area contributed by atoms with E-state index < -0.39 is 0 Å². The number of quaternary nitrogens is 1. The molecule has 3 nitrogen and oxygen atoms in total. The zero-order valence-electron chi connectivity index (χ0n) is 14.7. The van der Waals surface area contributed by atoms with Crippen molar-refractivity contribution >= 4 is 17.0 Å². The summed E-state index contributed by atoms with van der Waals surface area (Å²) in [6, 6.07) is 21.7. The Morgan fingerprint density at radius 1 is 0.962 bits per heavy atom. The van der Waals surface area contributed by atoms with Crippen LogP contribution in [-0.2, 0) is 6.54 Å². The van der Waals surface area contributed by atoms with E-state index in [9.17, 15) is 4.39 Å². The molecule has 0 atom stereocenters. The average molecular weight is 348 g/mol. The first-order chi connectivity index (χ1) is 12.8. The minimum Gasteiger partial charge on any atom is -0.328 e. The quantitative estimate of drug-likeness (QED) is 0.719. The predicted octanol–water partition coefficient (Wildman–Crippen LogP) is 2.71. The van der Waals surface area contributed by atoms with E-state index in [1.807, 2.05) is 6.07 Å². The lowest BCUT2D eigenvalue weighted by Crippen LogP contribution is -3.13. The second-order valence-electron chi connectivity index (χ2n) is 6.82. The fourth-order valence-electron chi connectivity index (χ4n) is 3.55. The van der Waals surface area contributed by atoms with Crippen LogP contribution in [0.3, 0.4) is 0 Å². The molecule has 0 unspecified atom stereocenters. The van der Waals surface area contributed by atoms with Gasteiger partial charge in [-0.2, -0.15) is 5.10 Å². The largest absolute Gasteiger partial charge is 0.328 e. The Kier molecular flexibility index (Phi) is 4.93. The summed E-state index contributed by atoms with van der Waals surface area (Å²) in [6.07, 6.45) is 1.75. The molecule has 1 N–H and O–H groups in total. The van der Waals surface area contributed by atoms with Crippen LogP contribution in [0.25, 0.3) is 10.8 Å². The third-order valence-corrected chi connectivity index (χ3v) is 4.99. The molecule has 1 aliphatic rings. The van der Waals surface area contributed by atoms with E-state index in [0.29, 0.717) is 0 Å². The minimum absolute atomic E-state index is 0.224. The van der Waals surface area contributed by atoms with Gasteiger partial charge in [0, 0.05) is 5.56 Å². The maximum Gasteiger partial charge on any atom is 0.123 e. The van der Waals surface area contributed by atoms with Gasteiger partial charge in [-0.25, -0.2) is 4.39 Å². The van der Waals surface area contributed by atoms with Crippen molar-refractivity contribution in [1.82, 2.24) is 5.01 Å². The Labute approximate surface area is 153 Å². The molecule has 26 heavy (non-hydrogen) atoms. The molecule has 0 spiro atoms. The summed E-state index contributed by atoms with van der Waals surface area (Å²) in [4.78, 5) is 1.58. The maximum atomic E-state index is 13.2. The minimum atomic E-state index is -0.224. The molecule has 0 aromatic heterocycles. The Morgan fingerprint density at radius 2 is 1.73 bits per heavy atom. The number of nitrogens with zero attached hydrogens (tertiary/aromatic N) is 2. The van der Waals surface area contributed by atoms with Crippen molar-refractivity contribution in [2.24, 2.45) is 5.10 Å². The highest BCUT2D eigenvalue weighted by Crippen LogP contribution is 2.17. The number of hydrogen-bond donors (Lipinski definition) is 1. The highest BCUT2D eigenvalue weighted by Gasteiger charge is 2.19. The Hall–Kier alpha value is -2.72. The SMILES string of the molecule is Fc1cccc(/C=N\N2CC[NH+](Cc3cccc4ccccc34)CC2)c1. The molecule has 4 heteroatoms. The van der Waals surface area contributed by atoms with E-state index in [-0.39, 0.29) is 5.82 Å². The molecule has 1 heterocycles. The van der Waals surface area contributed by atoms with Crippen LogP contribution in [0.5, 0.6) is 0 Å². The number of halogens is 1. The van der Waals surface area contributed by atoms with Crippen molar-refractivity contribution in [3.05, 3.63) is 83.7 Å². The van der Waals surface area contributed by atoms with Crippen LogP contribution in [0.1, 0.15) is 11.1 Å². The maximum absolute atomic E-state index is 13.2. The number of benzene rings is 3. The van der Waals surface area contributed by atoms with Crippen LogP contribution in [0.4, 0.5) is 4.39 Å². The molecule has 0 amide bonds. The summed E-state index contributed by atoms with van der Waals surface area (Å²) >= 11 is 0. The molecule has 4 rings (SSSR count). The van der Waals surface area contributed by atoms with Crippen LogP contribution < -0.4 is 4.90 Å². The predicted molar refractivity (Wildman–Crippen MR) is 104 cm³/mol. The van der Waals surface area contributed by atoms with Crippen molar-refractivity contribution in [2.45, 2.75) is 6.54 Å². The number of piperazine rings is 1. The number of rotatable bonds is 4. The van der Waals surface area contributed by atoms with Crippen LogP contribution in [-0.4, -0.2) is 37.4 Å². The van der Waals surface area contributed by atoms with E-state index in [2.05, 4.69) is 52.6 Å². The van der Waals surface area contributed by atoms with Crippen molar-refractivity contribution in [1.29, 1.82) is 0 Å². The Morgan fingerprint density at radius 3 is 2.58 bits per heavy atom. The highest BCUT2D eigenvalue weighted by molar-refractivity contribution is 5.85. The summed E-state index contributed by atoms with van der Waals surface area (Å²) in [5, 5.41) is 9.26. The number of hydrazone groups is 1. The molecule has 3 aromatic carbocycles. The second-order valence-corrected chi connectivity index (χ2v) is 6.82. The van der Waals surface area contributed by atoms with Crippen molar-refractivity contribution in [2.75, 3.05) is 26.2 Å². The first kappa shape index (κ1) is 16.7. The molecular weight excluding hydrogens is 325 g/mol. The smallest absolute Gasteiger partial charge is 0.123 e. The Bertz CT molecular complexity index is 909. The molecule has 3 aromatic rings. The monoisotopic (exact) mass is 348 g/mol. The first-order valence-electron chi connectivity index (χ1n) is 9.13. The van der Waals surface area contributed by atoms with Gasteiger partial charge in [0.2, 0.25) is 0 Å². The van der Waals surface area contributed by atoms with Crippen molar-refractivity contribution in [3.8, 4) is 0 Å². The van der Waals surface area contributed by atoms with Crippen LogP contribution in [0.2, 0.25) is 0 Å². The molecule has 0 bridgehead atoms. The summed E-state index contributed by atoms with van der Waals surface area (Å²) in [6.45, 7) is 5.01. The lowest BCUT2D eigenvalue weighted by Gasteiger charge is -2.30. The third kappa shape index (κ3) is 3.92. The summed E-state index contributed by atoms with van der Waals surface area (Å²) in [5.74, 6) is -0.224. The number of fused-ring (bicyclic) bond motifs is 1. The Balaban J connectivity index is 1.36. The molecule has 1 saturated heterocycles. The van der Waals surface area contributed by atoms with Gasteiger partial charge in [-0.05, 0) is 28.5 Å². The lowest BCUT2D eigenvalue weighted by molar-refractivity contribution is -0.918. The van der Waals surface area contributed by atoms with E-state index in [1.165, 1.54) is 28.5 Å². The number of nitrogens with one attached hydrogen (secondary N) is 1. The topological polar surface area (TPSA) is 20.0 Å². The molecule has 0 radical (unpaired) electrons. The van der Waals surface area contributed by atoms with E-state index in [1.54, 1.807) is 17.2 Å². The zero-order valence-corrected chi connectivity index (χ0v) is 14.7. The van der Waals surface area contributed by atoms with E-state index >= 15 is 0 Å². The van der Waals surface area contributed by atoms with Gasteiger partial charge in [0.05, 0.1) is 32.4 Å². The van der Waals surface area contributed by atoms with Gasteiger partial charge in [0.1, 0.15) is 12.4 Å². The summed E-state index contributed by atoms with van der Waals surface area (Å²) in [7, 11) is 0. The molecule has 1 fully saturated rings. The molecule has 132 valence electrons. The van der Waals surface area contributed by atoms with Crippen molar-refractivity contribution < 1.29 is 9.29 Å². The van der Waals surface area contributed by atoms with E-state index in [4.69, 9.17) is 0 Å². The van der Waals surface area contributed by atoms with Gasteiger partial charge in [-0.15, -0.1) is 0 Å². The summed E-state index contributed by atoms with van der Waals surface area (Å²) < 4.78 is 13.2.